The minimum atomic E-state index is -0.224. The fourth-order valence-electron chi connectivity index (χ4n) is 2.62. The maximum atomic E-state index is 14.1. The predicted octanol–water partition coefficient (Wildman–Crippen LogP) is 1.95. The number of nitrogens with two attached hydrogens (primary N) is 1. The van der Waals surface area contributed by atoms with Gasteiger partial charge >= 0.3 is 0 Å². The Labute approximate surface area is 119 Å². The van der Waals surface area contributed by atoms with Crippen molar-refractivity contribution in [1.82, 2.24) is 5.32 Å². The van der Waals surface area contributed by atoms with Crippen molar-refractivity contribution in [3.05, 3.63) is 29.6 Å². The van der Waals surface area contributed by atoms with Gasteiger partial charge < -0.3 is 16.0 Å². The third-order valence-electron chi connectivity index (χ3n) is 3.74. The maximum absolute atomic E-state index is 14.1. The average molecular weight is 279 g/mol. The number of halogens is 1. The molecule has 20 heavy (non-hydrogen) atoms. The monoisotopic (exact) mass is 279 g/mol. The van der Waals surface area contributed by atoms with E-state index in [0.717, 1.165) is 31.5 Å². The SMILES string of the molecule is CC(=O)NC1CCN(c2ccc([C@H](C)N)cc2F)CC1. The fraction of sp³-hybridized carbons (Fsp3) is 0.533. The van der Waals surface area contributed by atoms with E-state index in [1.54, 1.807) is 6.07 Å². The van der Waals surface area contributed by atoms with Crippen molar-refractivity contribution in [3.8, 4) is 0 Å². The van der Waals surface area contributed by atoms with Gasteiger partial charge in [0, 0.05) is 32.1 Å². The van der Waals surface area contributed by atoms with Gasteiger partial charge in [0.05, 0.1) is 5.69 Å². The maximum Gasteiger partial charge on any atom is 0.217 e. The number of piperidine rings is 1. The highest BCUT2D eigenvalue weighted by molar-refractivity contribution is 5.73. The molecular formula is C15H22FN3O. The molecule has 1 fully saturated rings. The highest BCUT2D eigenvalue weighted by Gasteiger charge is 2.21. The average Bonchev–Trinajstić information content (AvgIpc) is 2.39. The number of carbonyl (C=O) groups is 1. The first-order valence-corrected chi connectivity index (χ1v) is 7.04. The van der Waals surface area contributed by atoms with Crippen LogP contribution in [0.1, 0.15) is 38.3 Å². The van der Waals surface area contributed by atoms with E-state index in [1.165, 1.54) is 13.0 Å². The minimum Gasteiger partial charge on any atom is -0.369 e. The molecule has 0 aromatic heterocycles. The van der Waals surface area contributed by atoms with Crippen molar-refractivity contribution in [3.63, 3.8) is 0 Å². The molecule has 3 N–H and O–H groups in total. The lowest BCUT2D eigenvalue weighted by molar-refractivity contribution is -0.119. The van der Waals surface area contributed by atoms with Gasteiger partial charge in [-0.2, -0.15) is 0 Å². The van der Waals surface area contributed by atoms with Gasteiger partial charge in [-0.3, -0.25) is 4.79 Å². The van der Waals surface area contributed by atoms with E-state index in [0.29, 0.717) is 5.69 Å². The Morgan fingerprint density at radius 2 is 2.10 bits per heavy atom. The molecule has 0 bridgehead atoms. The number of rotatable bonds is 3. The van der Waals surface area contributed by atoms with Crippen molar-refractivity contribution in [1.29, 1.82) is 0 Å². The predicted molar refractivity (Wildman–Crippen MR) is 78.1 cm³/mol. The zero-order chi connectivity index (χ0) is 14.7. The molecule has 0 saturated carbocycles. The molecule has 4 nitrogen and oxygen atoms in total. The zero-order valence-corrected chi connectivity index (χ0v) is 12.0. The highest BCUT2D eigenvalue weighted by atomic mass is 19.1. The number of amides is 1. The van der Waals surface area contributed by atoms with E-state index in [-0.39, 0.29) is 23.8 Å². The molecule has 1 heterocycles. The van der Waals surface area contributed by atoms with Gasteiger partial charge in [-0.25, -0.2) is 4.39 Å². The largest absolute Gasteiger partial charge is 0.369 e. The van der Waals surface area contributed by atoms with Crippen LogP contribution in [-0.4, -0.2) is 25.0 Å². The molecule has 110 valence electrons. The summed E-state index contributed by atoms with van der Waals surface area (Å²) in [5.41, 5.74) is 7.18. The summed E-state index contributed by atoms with van der Waals surface area (Å²) < 4.78 is 14.1. The van der Waals surface area contributed by atoms with Gasteiger partial charge in [0.15, 0.2) is 0 Å². The van der Waals surface area contributed by atoms with Gasteiger partial charge in [0.25, 0.3) is 0 Å². The molecule has 1 aliphatic heterocycles. The molecule has 1 atom stereocenters. The Kier molecular flexibility index (Phi) is 4.60. The lowest BCUT2D eigenvalue weighted by atomic mass is 10.0. The van der Waals surface area contributed by atoms with Gasteiger partial charge in [0.2, 0.25) is 5.91 Å². The van der Waals surface area contributed by atoms with E-state index in [1.807, 2.05) is 17.9 Å². The van der Waals surface area contributed by atoms with Crippen LogP contribution in [0.5, 0.6) is 0 Å². The number of hydrogen-bond acceptors (Lipinski definition) is 3. The van der Waals surface area contributed by atoms with Crippen molar-refractivity contribution < 1.29 is 9.18 Å². The zero-order valence-electron chi connectivity index (χ0n) is 12.0. The molecule has 1 aromatic carbocycles. The van der Waals surface area contributed by atoms with Crippen molar-refractivity contribution in [2.24, 2.45) is 5.73 Å². The summed E-state index contributed by atoms with van der Waals surface area (Å²) in [5, 5.41) is 2.92. The summed E-state index contributed by atoms with van der Waals surface area (Å²) in [4.78, 5) is 13.0. The first kappa shape index (κ1) is 14.8. The summed E-state index contributed by atoms with van der Waals surface area (Å²) in [6.45, 7) is 4.87. The summed E-state index contributed by atoms with van der Waals surface area (Å²) in [6.07, 6.45) is 1.68. The smallest absolute Gasteiger partial charge is 0.217 e. The summed E-state index contributed by atoms with van der Waals surface area (Å²) in [7, 11) is 0. The minimum absolute atomic E-state index is 0.00378. The molecule has 1 amide bonds. The second kappa shape index (κ2) is 6.22. The number of benzene rings is 1. The van der Waals surface area contributed by atoms with E-state index in [2.05, 4.69) is 5.32 Å². The number of nitrogens with zero attached hydrogens (tertiary/aromatic N) is 1. The quantitative estimate of drug-likeness (QED) is 0.889. The first-order valence-electron chi connectivity index (χ1n) is 7.04. The Bertz CT molecular complexity index is 482. The molecule has 0 unspecified atom stereocenters. The van der Waals surface area contributed by atoms with Gasteiger partial charge in [0.1, 0.15) is 5.82 Å². The van der Waals surface area contributed by atoms with E-state index >= 15 is 0 Å². The van der Waals surface area contributed by atoms with Crippen molar-refractivity contribution >= 4 is 11.6 Å². The third-order valence-corrected chi connectivity index (χ3v) is 3.74. The van der Waals surface area contributed by atoms with Crippen LogP contribution in [0, 0.1) is 5.82 Å². The van der Waals surface area contributed by atoms with Crippen LogP contribution >= 0.6 is 0 Å². The van der Waals surface area contributed by atoms with E-state index < -0.39 is 0 Å². The molecule has 2 rings (SSSR count). The van der Waals surface area contributed by atoms with Gasteiger partial charge in [-0.15, -0.1) is 0 Å². The van der Waals surface area contributed by atoms with E-state index in [4.69, 9.17) is 5.73 Å². The lowest BCUT2D eigenvalue weighted by Gasteiger charge is -2.34. The molecule has 0 radical (unpaired) electrons. The molecule has 1 saturated heterocycles. The Hall–Kier alpha value is -1.62. The summed E-state index contributed by atoms with van der Waals surface area (Å²) in [6, 6.07) is 5.23. The lowest BCUT2D eigenvalue weighted by Crippen LogP contribution is -2.44. The van der Waals surface area contributed by atoms with Crippen LogP contribution in [0.25, 0.3) is 0 Å². The highest BCUT2D eigenvalue weighted by Crippen LogP contribution is 2.25. The summed E-state index contributed by atoms with van der Waals surface area (Å²) >= 11 is 0. The third kappa shape index (κ3) is 3.48. The topological polar surface area (TPSA) is 58.4 Å². The molecule has 0 aliphatic carbocycles. The standard InChI is InChI=1S/C15H22FN3O/c1-10(17)12-3-4-15(14(16)9-12)19-7-5-13(6-8-19)18-11(2)20/h3-4,9-10,13H,5-8,17H2,1-2H3,(H,18,20)/t10-/m0/s1. The molecule has 5 heteroatoms. The van der Waals surface area contributed by atoms with Gasteiger partial charge in [-0.05, 0) is 37.5 Å². The number of nitrogens with one attached hydrogen (secondary N) is 1. The normalized spacial score (nSPS) is 17.9. The number of hydrogen-bond donors (Lipinski definition) is 2. The van der Waals surface area contributed by atoms with Crippen LogP contribution in [0.4, 0.5) is 10.1 Å². The van der Waals surface area contributed by atoms with Crippen LogP contribution < -0.4 is 16.0 Å². The Morgan fingerprint density at radius 1 is 1.45 bits per heavy atom. The first-order chi connectivity index (χ1) is 9.47. The number of carbonyl (C=O) groups excluding carboxylic acids is 1. The van der Waals surface area contributed by atoms with Gasteiger partial charge in [-0.1, -0.05) is 6.07 Å². The van der Waals surface area contributed by atoms with Crippen molar-refractivity contribution in [2.75, 3.05) is 18.0 Å². The van der Waals surface area contributed by atoms with Crippen LogP contribution in [0.2, 0.25) is 0 Å². The Balaban J connectivity index is 2.02. The molecule has 1 aromatic rings. The Morgan fingerprint density at radius 3 is 2.60 bits per heavy atom. The second-order valence-corrected chi connectivity index (χ2v) is 5.46. The fourth-order valence-corrected chi connectivity index (χ4v) is 2.62. The second-order valence-electron chi connectivity index (χ2n) is 5.46. The van der Waals surface area contributed by atoms with E-state index in [9.17, 15) is 9.18 Å². The number of anilines is 1. The van der Waals surface area contributed by atoms with Crippen LogP contribution in [0.3, 0.4) is 0 Å². The van der Waals surface area contributed by atoms with Crippen LogP contribution in [0.15, 0.2) is 18.2 Å². The van der Waals surface area contributed by atoms with Crippen molar-refractivity contribution in [2.45, 2.75) is 38.8 Å². The molecular weight excluding hydrogens is 257 g/mol. The molecule has 0 spiro atoms. The molecule has 1 aliphatic rings. The summed E-state index contributed by atoms with van der Waals surface area (Å²) in [5.74, 6) is -0.228. The van der Waals surface area contributed by atoms with Crippen LogP contribution in [-0.2, 0) is 4.79 Å².